The Balaban J connectivity index is 1.98. The summed E-state index contributed by atoms with van der Waals surface area (Å²) in [6, 6.07) is 12.5. The van der Waals surface area contributed by atoms with E-state index in [9.17, 15) is 24.6 Å². The molecular formula is C18H13NO6. The molecule has 0 spiro atoms. The molecule has 126 valence electrons. The van der Waals surface area contributed by atoms with Crippen LogP contribution in [0.25, 0.3) is 11.0 Å². The van der Waals surface area contributed by atoms with Crippen LogP contribution in [0, 0.1) is 0 Å². The molecule has 0 aliphatic rings. The van der Waals surface area contributed by atoms with Gasteiger partial charge in [0, 0.05) is 5.39 Å². The molecule has 1 heterocycles. The Morgan fingerprint density at radius 2 is 1.76 bits per heavy atom. The van der Waals surface area contributed by atoms with Gasteiger partial charge in [0.2, 0.25) is 0 Å². The van der Waals surface area contributed by atoms with Crippen LogP contribution in [-0.4, -0.2) is 22.1 Å². The fourth-order valence-corrected chi connectivity index (χ4v) is 2.43. The van der Waals surface area contributed by atoms with E-state index in [0.29, 0.717) is 10.9 Å². The monoisotopic (exact) mass is 339 g/mol. The number of aromatic hydroxyl groups is 1. The first-order valence-corrected chi connectivity index (χ1v) is 7.32. The van der Waals surface area contributed by atoms with Gasteiger partial charge < -0.3 is 19.9 Å². The summed E-state index contributed by atoms with van der Waals surface area (Å²) in [5.74, 6) is -2.37. The number of nitrogens with one attached hydrogen (secondary N) is 1. The Morgan fingerprint density at radius 3 is 2.44 bits per heavy atom. The Hall–Kier alpha value is -3.61. The van der Waals surface area contributed by atoms with Crippen LogP contribution in [0.15, 0.2) is 63.8 Å². The highest BCUT2D eigenvalue weighted by molar-refractivity contribution is 5.99. The second-order valence-electron chi connectivity index (χ2n) is 5.30. The van der Waals surface area contributed by atoms with Crippen LogP contribution in [0.5, 0.6) is 5.75 Å². The van der Waals surface area contributed by atoms with Gasteiger partial charge in [0.15, 0.2) is 17.4 Å². The van der Waals surface area contributed by atoms with Gasteiger partial charge in [-0.15, -0.1) is 0 Å². The van der Waals surface area contributed by atoms with Gasteiger partial charge in [0.1, 0.15) is 5.56 Å². The predicted octanol–water partition coefficient (Wildman–Crippen LogP) is 2.05. The van der Waals surface area contributed by atoms with Crippen molar-refractivity contribution in [1.29, 1.82) is 0 Å². The maximum Gasteiger partial charge on any atom is 0.349 e. The Bertz CT molecular complexity index is 1010. The Kier molecular flexibility index (Phi) is 4.21. The van der Waals surface area contributed by atoms with Crippen molar-refractivity contribution < 1.29 is 24.2 Å². The van der Waals surface area contributed by atoms with Crippen molar-refractivity contribution in [3.8, 4) is 5.75 Å². The molecule has 2 aromatic carbocycles. The maximum absolute atomic E-state index is 12.4. The fraction of sp³-hybridized carbons (Fsp3) is 0.0556. The third kappa shape index (κ3) is 3.20. The van der Waals surface area contributed by atoms with Crippen molar-refractivity contribution >= 4 is 22.8 Å². The molecule has 1 aromatic heterocycles. The average Bonchev–Trinajstić information content (AvgIpc) is 2.60. The number of carbonyl (C=O) groups excluding carboxylic acids is 1. The molecule has 0 radical (unpaired) electrons. The lowest BCUT2D eigenvalue weighted by atomic mass is 10.1. The number of rotatable bonds is 4. The minimum absolute atomic E-state index is 0.0399. The summed E-state index contributed by atoms with van der Waals surface area (Å²) >= 11 is 0. The molecule has 7 heteroatoms. The highest BCUT2D eigenvalue weighted by atomic mass is 16.4. The summed E-state index contributed by atoms with van der Waals surface area (Å²) in [5, 5.41) is 21.7. The number of para-hydroxylation sites is 1. The number of phenolic OH excluding ortho intramolecular Hbond substituents is 1. The molecule has 3 N–H and O–H groups in total. The van der Waals surface area contributed by atoms with Gasteiger partial charge in [-0.1, -0.05) is 42.5 Å². The van der Waals surface area contributed by atoms with E-state index in [2.05, 4.69) is 5.32 Å². The van der Waals surface area contributed by atoms with E-state index < -0.39 is 23.5 Å². The largest absolute Gasteiger partial charge is 0.504 e. The van der Waals surface area contributed by atoms with Gasteiger partial charge in [-0.2, -0.15) is 0 Å². The Labute approximate surface area is 141 Å². The number of carboxylic acids is 1. The molecule has 1 amide bonds. The zero-order valence-electron chi connectivity index (χ0n) is 12.8. The number of aliphatic carboxylic acids is 1. The van der Waals surface area contributed by atoms with Gasteiger partial charge in [0.25, 0.3) is 5.91 Å². The Morgan fingerprint density at radius 1 is 1.04 bits per heavy atom. The first kappa shape index (κ1) is 16.3. The number of benzene rings is 2. The summed E-state index contributed by atoms with van der Waals surface area (Å²) in [5.41, 5.74) is -0.989. The van der Waals surface area contributed by atoms with Gasteiger partial charge >= 0.3 is 11.6 Å². The molecule has 0 bridgehead atoms. The zero-order valence-corrected chi connectivity index (χ0v) is 12.8. The summed E-state index contributed by atoms with van der Waals surface area (Å²) in [7, 11) is 0. The van der Waals surface area contributed by atoms with Crippen molar-refractivity contribution in [3.05, 3.63) is 76.1 Å². The molecule has 1 unspecified atom stereocenters. The minimum atomic E-state index is -1.31. The van der Waals surface area contributed by atoms with E-state index in [-0.39, 0.29) is 16.9 Å². The van der Waals surface area contributed by atoms with Crippen LogP contribution in [-0.2, 0) is 4.79 Å². The van der Waals surface area contributed by atoms with Crippen LogP contribution < -0.4 is 10.9 Å². The molecular weight excluding hydrogens is 326 g/mol. The van der Waals surface area contributed by atoms with Gasteiger partial charge in [-0.05, 0) is 17.7 Å². The van der Waals surface area contributed by atoms with E-state index in [0.717, 1.165) is 0 Å². The second kappa shape index (κ2) is 6.48. The molecule has 3 rings (SSSR count). The summed E-state index contributed by atoms with van der Waals surface area (Å²) in [4.78, 5) is 35.9. The van der Waals surface area contributed by atoms with Crippen LogP contribution in [0.1, 0.15) is 22.0 Å². The van der Waals surface area contributed by atoms with Crippen LogP contribution in [0.4, 0.5) is 0 Å². The molecule has 7 nitrogen and oxygen atoms in total. The van der Waals surface area contributed by atoms with Crippen LogP contribution >= 0.6 is 0 Å². The highest BCUT2D eigenvalue weighted by Gasteiger charge is 2.24. The molecule has 0 aliphatic heterocycles. The SMILES string of the molecule is O=C(NC(C(=O)O)c1ccccc1)c1cc2cccc(O)c2oc1=O. The van der Waals surface area contributed by atoms with Crippen LogP contribution in [0.2, 0.25) is 0 Å². The summed E-state index contributed by atoms with van der Waals surface area (Å²) in [6.45, 7) is 0. The van der Waals surface area contributed by atoms with E-state index in [1.807, 2.05) is 0 Å². The first-order chi connectivity index (χ1) is 12.0. The molecule has 25 heavy (non-hydrogen) atoms. The minimum Gasteiger partial charge on any atom is -0.504 e. The number of carboxylic acid groups (broad SMARTS) is 1. The van der Waals surface area contributed by atoms with Crippen molar-refractivity contribution in [3.63, 3.8) is 0 Å². The zero-order chi connectivity index (χ0) is 18.0. The molecule has 0 aliphatic carbocycles. The van der Waals surface area contributed by atoms with Gasteiger partial charge in [-0.3, -0.25) is 4.79 Å². The number of fused-ring (bicyclic) bond motifs is 1. The molecule has 3 aromatic rings. The average molecular weight is 339 g/mol. The third-order valence-corrected chi connectivity index (χ3v) is 3.64. The number of phenols is 1. The number of hydrogen-bond donors (Lipinski definition) is 3. The topological polar surface area (TPSA) is 117 Å². The van der Waals surface area contributed by atoms with E-state index in [1.54, 1.807) is 36.4 Å². The lowest BCUT2D eigenvalue weighted by Crippen LogP contribution is -2.36. The number of hydrogen-bond acceptors (Lipinski definition) is 5. The third-order valence-electron chi connectivity index (χ3n) is 3.64. The predicted molar refractivity (Wildman–Crippen MR) is 88.4 cm³/mol. The molecule has 0 fully saturated rings. The van der Waals surface area contributed by atoms with E-state index in [1.165, 1.54) is 18.2 Å². The standard InChI is InChI=1S/C18H13NO6/c20-13-8-4-7-11-9-12(18(24)25-15(11)13)16(21)19-14(17(22)23)10-5-2-1-3-6-10/h1-9,14,20H,(H,19,21)(H,22,23). The molecule has 0 saturated heterocycles. The van der Waals surface area contributed by atoms with Gasteiger partial charge in [0.05, 0.1) is 0 Å². The highest BCUT2D eigenvalue weighted by Crippen LogP contribution is 2.23. The van der Waals surface area contributed by atoms with Crippen molar-refractivity contribution in [2.45, 2.75) is 6.04 Å². The fourth-order valence-electron chi connectivity index (χ4n) is 2.43. The van der Waals surface area contributed by atoms with Crippen molar-refractivity contribution in [2.75, 3.05) is 0 Å². The number of amides is 1. The van der Waals surface area contributed by atoms with Crippen molar-refractivity contribution in [2.24, 2.45) is 0 Å². The molecule has 1 atom stereocenters. The quantitative estimate of drug-likeness (QED) is 0.626. The van der Waals surface area contributed by atoms with E-state index >= 15 is 0 Å². The summed E-state index contributed by atoms with van der Waals surface area (Å²) < 4.78 is 4.98. The van der Waals surface area contributed by atoms with Crippen LogP contribution in [0.3, 0.4) is 0 Å². The first-order valence-electron chi connectivity index (χ1n) is 7.32. The van der Waals surface area contributed by atoms with Crippen molar-refractivity contribution in [1.82, 2.24) is 5.32 Å². The normalized spacial score (nSPS) is 11.8. The second-order valence-corrected chi connectivity index (χ2v) is 5.30. The molecule has 0 saturated carbocycles. The lowest BCUT2D eigenvalue weighted by molar-refractivity contribution is -0.139. The maximum atomic E-state index is 12.4. The smallest absolute Gasteiger partial charge is 0.349 e. The number of carbonyl (C=O) groups is 2. The van der Waals surface area contributed by atoms with E-state index in [4.69, 9.17) is 4.42 Å². The summed E-state index contributed by atoms with van der Waals surface area (Å²) in [6.07, 6.45) is 0. The lowest BCUT2D eigenvalue weighted by Gasteiger charge is -2.14. The van der Waals surface area contributed by atoms with Gasteiger partial charge in [-0.25, -0.2) is 9.59 Å².